The van der Waals surface area contributed by atoms with E-state index in [1.165, 1.54) is 11.6 Å². The largest absolute Gasteiger partial charge is 0.346 e. The highest BCUT2D eigenvalue weighted by molar-refractivity contribution is 7.81. The van der Waals surface area contributed by atoms with Gasteiger partial charge in [0.1, 0.15) is 10.7 Å². The second kappa shape index (κ2) is 7.86. The summed E-state index contributed by atoms with van der Waals surface area (Å²) in [5.41, 5.74) is 4.10. The lowest BCUT2D eigenvalue weighted by Crippen LogP contribution is -2.12. The number of rotatable bonds is 4. The van der Waals surface area contributed by atoms with Crippen molar-refractivity contribution in [1.29, 1.82) is 0 Å². The smallest absolute Gasteiger partial charge is 0.295 e. The Labute approximate surface area is 169 Å². The van der Waals surface area contributed by atoms with Crippen LogP contribution < -0.4 is 5.32 Å². The Morgan fingerprint density at radius 2 is 1.68 bits per heavy atom. The maximum atomic E-state index is 11.2. The number of nitrogens with zero attached hydrogens (tertiary/aromatic N) is 2. The number of nitro groups is 1. The zero-order chi connectivity index (χ0) is 20.3. The van der Waals surface area contributed by atoms with Gasteiger partial charge in [-0.15, -0.1) is 0 Å². The van der Waals surface area contributed by atoms with Crippen molar-refractivity contribution < 1.29 is 4.92 Å². The molecular formula is C22H21N3O2S. The summed E-state index contributed by atoms with van der Waals surface area (Å²) in [4.78, 5) is 15.5. The maximum Gasteiger partial charge on any atom is 0.295 e. The first-order chi connectivity index (χ1) is 13.3. The van der Waals surface area contributed by atoms with Gasteiger partial charge in [-0.05, 0) is 29.2 Å². The molecule has 1 N–H and O–H groups in total. The normalized spacial score (nSPS) is 11.1. The van der Waals surface area contributed by atoms with Gasteiger partial charge in [0.25, 0.3) is 5.69 Å². The van der Waals surface area contributed by atoms with Gasteiger partial charge in [-0.25, -0.2) is 4.98 Å². The van der Waals surface area contributed by atoms with Crippen molar-refractivity contribution in [2.45, 2.75) is 26.2 Å². The van der Waals surface area contributed by atoms with E-state index in [4.69, 9.17) is 12.2 Å². The Bertz CT molecular complexity index is 1010. The van der Waals surface area contributed by atoms with Crippen molar-refractivity contribution >= 4 is 28.6 Å². The fourth-order valence-corrected chi connectivity index (χ4v) is 3.06. The monoisotopic (exact) mass is 391 g/mol. The first-order valence-electron chi connectivity index (χ1n) is 8.87. The van der Waals surface area contributed by atoms with Crippen LogP contribution >= 0.6 is 12.2 Å². The van der Waals surface area contributed by atoms with Crippen LogP contribution in [0.2, 0.25) is 0 Å². The van der Waals surface area contributed by atoms with Gasteiger partial charge in [0, 0.05) is 29.1 Å². The molecule has 0 aliphatic carbocycles. The Morgan fingerprint density at radius 3 is 2.25 bits per heavy atom. The predicted molar refractivity (Wildman–Crippen MR) is 117 cm³/mol. The molecule has 28 heavy (non-hydrogen) atoms. The second-order valence-electron chi connectivity index (χ2n) is 7.49. The van der Waals surface area contributed by atoms with Crippen molar-refractivity contribution in [1.82, 2.24) is 4.98 Å². The average Bonchev–Trinajstić information content (AvgIpc) is 2.68. The summed E-state index contributed by atoms with van der Waals surface area (Å²) < 4.78 is 0. The van der Waals surface area contributed by atoms with Crippen LogP contribution in [-0.2, 0) is 5.41 Å². The molecular weight excluding hydrogens is 370 g/mol. The van der Waals surface area contributed by atoms with Gasteiger partial charge >= 0.3 is 0 Å². The molecule has 0 fully saturated rings. The van der Waals surface area contributed by atoms with E-state index in [2.05, 4.69) is 43.2 Å². The fraction of sp³-hybridized carbons (Fsp3) is 0.182. The summed E-state index contributed by atoms with van der Waals surface area (Å²) in [6.45, 7) is 6.52. The first kappa shape index (κ1) is 19.6. The molecule has 0 aliphatic rings. The van der Waals surface area contributed by atoms with Crippen LogP contribution in [0.25, 0.3) is 11.3 Å². The lowest BCUT2D eigenvalue weighted by molar-refractivity contribution is -0.384. The van der Waals surface area contributed by atoms with Gasteiger partial charge < -0.3 is 5.32 Å². The van der Waals surface area contributed by atoms with E-state index >= 15 is 0 Å². The van der Waals surface area contributed by atoms with E-state index < -0.39 is 4.92 Å². The van der Waals surface area contributed by atoms with Crippen LogP contribution in [0.15, 0.2) is 66.9 Å². The molecule has 0 saturated carbocycles. The summed E-state index contributed by atoms with van der Waals surface area (Å²) in [7, 11) is 0. The molecule has 0 spiro atoms. The van der Waals surface area contributed by atoms with Gasteiger partial charge in [-0.3, -0.25) is 10.1 Å². The highest BCUT2D eigenvalue weighted by Crippen LogP contribution is 2.28. The van der Waals surface area contributed by atoms with Crippen molar-refractivity contribution in [2.24, 2.45) is 0 Å². The van der Waals surface area contributed by atoms with Gasteiger partial charge in [0.05, 0.1) is 4.92 Å². The fourth-order valence-electron chi connectivity index (χ4n) is 2.80. The van der Waals surface area contributed by atoms with E-state index in [0.717, 1.165) is 11.3 Å². The first-order valence-corrected chi connectivity index (χ1v) is 9.28. The van der Waals surface area contributed by atoms with Crippen LogP contribution in [0.5, 0.6) is 0 Å². The Morgan fingerprint density at radius 1 is 1.04 bits per heavy atom. The van der Waals surface area contributed by atoms with Crippen LogP contribution in [0.4, 0.5) is 11.4 Å². The standard InChI is InChI=1S/C22H21N3O2S/c1-22(2,3)17-10-12-18(13-11-17)24-21(28)16-8-6-15(7-9-16)20-19(25(26)27)5-4-14-23-20/h4-14H,1-3H3,(H,24,28). The minimum atomic E-state index is -0.427. The molecule has 142 valence electrons. The molecule has 0 amide bonds. The molecule has 0 bridgehead atoms. The van der Waals surface area contributed by atoms with Crippen LogP contribution in [0, 0.1) is 10.1 Å². The number of aromatic nitrogens is 1. The zero-order valence-electron chi connectivity index (χ0n) is 16.0. The lowest BCUT2D eigenvalue weighted by atomic mass is 9.87. The molecule has 0 unspecified atom stereocenters. The summed E-state index contributed by atoms with van der Waals surface area (Å²) in [5.74, 6) is 0. The van der Waals surface area contributed by atoms with Crippen molar-refractivity contribution in [3.8, 4) is 11.3 Å². The number of hydrogen-bond donors (Lipinski definition) is 1. The number of thiocarbonyl (C=S) groups is 1. The summed E-state index contributed by atoms with van der Waals surface area (Å²) in [6, 6.07) is 18.5. The molecule has 0 radical (unpaired) electrons. The van der Waals surface area contributed by atoms with Gasteiger partial charge in [0.2, 0.25) is 0 Å². The van der Waals surface area contributed by atoms with E-state index in [-0.39, 0.29) is 11.1 Å². The highest BCUT2D eigenvalue weighted by Gasteiger charge is 2.16. The number of benzene rings is 2. The molecule has 3 aromatic rings. The molecule has 3 rings (SSSR count). The third-order valence-corrected chi connectivity index (χ3v) is 4.75. The second-order valence-corrected chi connectivity index (χ2v) is 7.90. The summed E-state index contributed by atoms with van der Waals surface area (Å²) in [5, 5.41) is 14.4. The van der Waals surface area contributed by atoms with Gasteiger partial charge in [-0.2, -0.15) is 0 Å². The lowest BCUT2D eigenvalue weighted by Gasteiger charge is -2.19. The number of anilines is 1. The zero-order valence-corrected chi connectivity index (χ0v) is 16.8. The molecule has 6 heteroatoms. The average molecular weight is 391 g/mol. The van der Waals surface area contributed by atoms with Crippen molar-refractivity contribution in [3.05, 3.63) is 88.1 Å². The maximum absolute atomic E-state index is 11.2. The van der Waals surface area contributed by atoms with E-state index in [9.17, 15) is 10.1 Å². The molecule has 0 saturated heterocycles. The van der Waals surface area contributed by atoms with E-state index in [1.54, 1.807) is 24.4 Å². The Balaban J connectivity index is 1.77. The van der Waals surface area contributed by atoms with Crippen LogP contribution in [0.3, 0.4) is 0 Å². The van der Waals surface area contributed by atoms with Gasteiger partial charge in [0.15, 0.2) is 0 Å². The van der Waals surface area contributed by atoms with Crippen molar-refractivity contribution in [2.75, 3.05) is 5.32 Å². The van der Waals surface area contributed by atoms with Crippen LogP contribution in [-0.4, -0.2) is 14.9 Å². The van der Waals surface area contributed by atoms with Gasteiger partial charge in [-0.1, -0.05) is 69.4 Å². The number of hydrogen-bond acceptors (Lipinski definition) is 4. The Hall–Kier alpha value is -3.12. The minimum absolute atomic E-state index is 0.0186. The molecule has 1 heterocycles. The molecule has 0 aliphatic heterocycles. The van der Waals surface area contributed by atoms with E-state index in [1.807, 2.05) is 24.3 Å². The highest BCUT2D eigenvalue weighted by atomic mass is 32.1. The predicted octanol–water partition coefficient (Wildman–Crippen LogP) is 5.74. The third kappa shape index (κ3) is 4.40. The third-order valence-electron chi connectivity index (χ3n) is 4.41. The molecule has 2 aromatic carbocycles. The molecule has 1 aromatic heterocycles. The number of nitrogens with one attached hydrogen (secondary N) is 1. The van der Waals surface area contributed by atoms with E-state index in [0.29, 0.717) is 16.2 Å². The SMILES string of the molecule is CC(C)(C)c1ccc(NC(=S)c2ccc(-c3ncccc3[N+](=O)[O-])cc2)cc1. The molecule has 0 atom stereocenters. The van der Waals surface area contributed by atoms with Crippen molar-refractivity contribution in [3.63, 3.8) is 0 Å². The number of pyridine rings is 1. The van der Waals surface area contributed by atoms with Crippen LogP contribution in [0.1, 0.15) is 31.9 Å². The minimum Gasteiger partial charge on any atom is -0.346 e. The summed E-state index contributed by atoms with van der Waals surface area (Å²) >= 11 is 5.50. The molecule has 5 nitrogen and oxygen atoms in total. The Kier molecular flexibility index (Phi) is 5.51. The topological polar surface area (TPSA) is 68.1 Å². The summed E-state index contributed by atoms with van der Waals surface area (Å²) in [6.07, 6.45) is 1.55. The quantitative estimate of drug-likeness (QED) is 0.349.